The third-order valence-corrected chi connectivity index (χ3v) is 2.67. The van der Waals surface area contributed by atoms with Gasteiger partial charge in [-0.1, -0.05) is 26.0 Å². The third kappa shape index (κ3) is 6.26. The molecule has 0 saturated heterocycles. The van der Waals surface area contributed by atoms with Crippen molar-refractivity contribution in [3.8, 4) is 5.75 Å². The summed E-state index contributed by atoms with van der Waals surface area (Å²) in [6.07, 6.45) is 8.46. The molecule has 0 spiro atoms. The van der Waals surface area contributed by atoms with Gasteiger partial charge >= 0.3 is 5.97 Å². The average Bonchev–Trinajstić information content (AvgIpc) is 3.09. The molecular formula is C17H22N2O3. The molecule has 0 bridgehead atoms. The molecule has 0 N–H and O–H groups in total. The standard InChI is InChI=1S/C15H16N2O3.C2H6/c1-19-15(18)7-4-13-2-5-14(6-3-13)20-11-10-17-9-8-16-12-17;1-2/h2-9,12H,10-11H2,1H3;1-2H3/b7-4+;. The number of imidazole rings is 1. The SMILES string of the molecule is CC.COC(=O)/C=C/c1ccc(OCCn2ccnc2)cc1. The molecule has 5 heteroatoms. The molecule has 0 amide bonds. The number of nitrogens with zero attached hydrogens (tertiary/aromatic N) is 2. The summed E-state index contributed by atoms with van der Waals surface area (Å²) < 4.78 is 12.1. The zero-order valence-corrected chi connectivity index (χ0v) is 13.2. The van der Waals surface area contributed by atoms with Crippen molar-refractivity contribution in [3.05, 3.63) is 54.6 Å². The highest BCUT2D eigenvalue weighted by atomic mass is 16.5. The molecule has 0 unspecified atom stereocenters. The molecule has 0 radical (unpaired) electrons. The van der Waals surface area contributed by atoms with Crippen molar-refractivity contribution in [1.29, 1.82) is 0 Å². The average molecular weight is 302 g/mol. The highest BCUT2D eigenvalue weighted by molar-refractivity contribution is 5.86. The number of methoxy groups -OCH3 is 1. The van der Waals surface area contributed by atoms with Crippen LogP contribution in [0.25, 0.3) is 6.08 Å². The van der Waals surface area contributed by atoms with E-state index >= 15 is 0 Å². The molecule has 0 saturated carbocycles. The lowest BCUT2D eigenvalue weighted by Gasteiger charge is -2.06. The second kappa shape index (κ2) is 10.2. The minimum Gasteiger partial charge on any atom is -0.492 e. The maximum atomic E-state index is 11.0. The summed E-state index contributed by atoms with van der Waals surface area (Å²) in [4.78, 5) is 14.9. The fraction of sp³-hybridized carbons (Fsp3) is 0.294. The Kier molecular flexibility index (Phi) is 8.12. The normalized spacial score (nSPS) is 9.95. The first-order valence-corrected chi connectivity index (χ1v) is 7.22. The minimum atomic E-state index is -0.370. The molecule has 1 aromatic carbocycles. The van der Waals surface area contributed by atoms with Crippen LogP contribution in [0.1, 0.15) is 19.4 Å². The van der Waals surface area contributed by atoms with Crippen LogP contribution in [-0.4, -0.2) is 29.2 Å². The highest BCUT2D eigenvalue weighted by Gasteiger charge is 1.96. The Bertz CT molecular complexity index is 560. The third-order valence-electron chi connectivity index (χ3n) is 2.67. The largest absolute Gasteiger partial charge is 0.492 e. The van der Waals surface area contributed by atoms with Crippen LogP contribution in [0.3, 0.4) is 0 Å². The van der Waals surface area contributed by atoms with E-state index in [1.165, 1.54) is 13.2 Å². The van der Waals surface area contributed by atoms with E-state index in [1.807, 2.05) is 48.9 Å². The first kappa shape index (κ1) is 17.5. The van der Waals surface area contributed by atoms with Gasteiger partial charge < -0.3 is 14.0 Å². The van der Waals surface area contributed by atoms with Crippen LogP contribution < -0.4 is 4.74 Å². The van der Waals surface area contributed by atoms with Crippen LogP contribution in [0.4, 0.5) is 0 Å². The Morgan fingerprint density at radius 3 is 2.59 bits per heavy atom. The quantitative estimate of drug-likeness (QED) is 0.607. The van der Waals surface area contributed by atoms with Crippen LogP contribution in [0.5, 0.6) is 5.75 Å². The van der Waals surface area contributed by atoms with E-state index in [2.05, 4.69) is 9.72 Å². The van der Waals surface area contributed by atoms with Gasteiger partial charge in [-0.25, -0.2) is 9.78 Å². The van der Waals surface area contributed by atoms with Gasteiger partial charge in [0.15, 0.2) is 0 Å². The zero-order valence-electron chi connectivity index (χ0n) is 13.2. The maximum absolute atomic E-state index is 11.0. The highest BCUT2D eigenvalue weighted by Crippen LogP contribution is 2.13. The summed E-state index contributed by atoms with van der Waals surface area (Å²) in [6, 6.07) is 7.49. The maximum Gasteiger partial charge on any atom is 0.330 e. The lowest BCUT2D eigenvalue weighted by molar-refractivity contribution is -0.134. The van der Waals surface area contributed by atoms with E-state index in [0.717, 1.165) is 17.9 Å². The van der Waals surface area contributed by atoms with Gasteiger partial charge in [0, 0.05) is 18.5 Å². The Labute approximate surface area is 131 Å². The molecule has 0 atom stereocenters. The number of carbonyl (C=O) groups excluding carboxylic acids is 1. The van der Waals surface area contributed by atoms with Gasteiger partial charge in [0.05, 0.1) is 20.0 Å². The Morgan fingerprint density at radius 2 is 2.00 bits per heavy atom. The van der Waals surface area contributed by atoms with Gasteiger partial charge in [-0.15, -0.1) is 0 Å². The number of rotatable bonds is 6. The van der Waals surface area contributed by atoms with E-state index < -0.39 is 0 Å². The number of aromatic nitrogens is 2. The molecule has 2 rings (SSSR count). The van der Waals surface area contributed by atoms with Gasteiger partial charge in [0.2, 0.25) is 0 Å². The number of carbonyl (C=O) groups is 1. The molecule has 0 aliphatic heterocycles. The van der Waals surface area contributed by atoms with Gasteiger partial charge in [-0.3, -0.25) is 0 Å². The number of hydrogen-bond acceptors (Lipinski definition) is 4. The summed E-state index contributed by atoms with van der Waals surface area (Å²) in [5.74, 6) is 0.422. The van der Waals surface area contributed by atoms with Crippen molar-refractivity contribution < 1.29 is 14.3 Å². The van der Waals surface area contributed by atoms with Crippen LogP contribution in [0.2, 0.25) is 0 Å². The lowest BCUT2D eigenvalue weighted by Crippen LogP contribution is -2.06. The summed E-state index contributed by atoms with van der Waals surface area (Å²) in [6.45, 7) is 5.33. The van der Waals surface area contributed by atoms with Crippen LogP contribution >= 0.6 is 0 Å². The predicted octanol–water partition coefficient (Wildman–Crippen LogP) is 3.17. The smallest absolute Gasteiger partial charge is 0.330 e. The molecular weight excluding hydrogens is 280 g/mol. The Hall–Kier alpha value is -2.56. The molecule has 1 aromatic heterocycles. The number of ether oxygens (including phenoxy) is 2. The number of esters is 1. The van der Waals surface area contributed by atoms with Gasteiger partial charge in [0.1, 0.15) is 12.4 Å². The van der Waals surface area contributed by atoms with Gasteiger partial charge in [0.25, 0.3) is 0 Å². The van der Waals surface area contributed by atoms with Gasteiger partial charge in [-0.05, 0) is 23.8 Å². The van der Waals surface area contributed by atoms with E-state index in [-0.39, 0.29) is 5.97 Å². The fourth-order valence-corrected chi connectivity index (χ4v) is 1.60. The van der Waals surface area contributed by atoms with Crippen LogP contribution in [0, 0.1) is 0 Å². The zero-order chi connectivity index (χ0) is 16.2. The van der Waals surface area contributed by atoms with E-state index in [0.29, 0.717) is 6.61 Å². The van der Waals surface area contributed by atoms with Crippen LogP contribution in [-0.2, 0) is 16.1 Å². The summed E-state index contributed by atoms with van der Waals surface area (Å²) in [7, 11) is 1.35. The molecule has 0 aliphatic rings. The molecule has 118 valence electrons. The monoisotopic (exact) mass is 302 g/mol. The first-order chi connectivity index (χ1) is 10.8. The van der Waals surface area contributed by atoms with Crippen molar-refractivity contribution in [2.75, 3.05) is 13.7 Å². The summed E-state index contributed by atoms with van der Waals surface area (Å²) >= 11 is 0. The number of benzene rings is 1. The molecule has 5 nitrogen and oxygen atoms in total. The predicted molar refractivity (Wildman–Crippen MR) is 86.6 cm³/mol. The van der Waals surface area contributed by atoms with Gasteiger partial charge in [-0.2, -0.15) is 0 Å². The molecule has 2 aromatic rings. The van der Waals surface area contributed by atoms with E-state index in [4.69, 9.17) is 4.74 Å². The van der Waals surface area contributed by atoms with Crippen molar-refractivity contribution in [1.82, 2.24) is 9.55 Å². The molecule has 22 heavy (non-hydrogen) atoms. The van der Waals surface area contributed by atoms with Crippen molar-refractivity contribution in [2.24, 2.45) is 0 Å². The lowest BCUT2D eigenvalue weighted by atomic mass is 10.2. The Morgan fingerprint density at radius 1 is 1.27 bits per heavy atom. The second-order valence-corrected chi connectivity index (χ2v) is 4.07. The number of hydrogen-bond donors (Lipinski definition) is 0. The first-order valence-electron chi connectivity index (χ1n) is 7.22. The van der Waals surface area contributed by atoms with Crippen LogP contribution in [0.15, 0.2) is 49.1 Å². The molecule has 0 fully saturated rings. The van der Waals surface area contributed by atoms with Crippen molar-refractivity contribution in [3.63, 3.8) is 0 Å². The fourth-order valence-electron chi connectivity index (χ4n) is 1.60. The second-order valence-electron chi connectivity index (χ2n) is 4.07. The molecule has 1 heterocycles. The van der Waals surface area contributed by atoms with Crippen molar-refractivity contribution in [2.45, 2.75) is 20.4 Å². The van der Waals surface area contributed by atoms with Crippen molar-refractivity contribution >= 4 is 12.0 Å². The Balaban J connectivity index is 0.00000116. The van der Waals surface area contributed by atoms with E-state index in [1.54, 1.807) is 18.6 Å². The topological polar surface area (TPSA) is 53.4 Å². The van der Waals surface area contributed by atoms with E-state index in [9.17, 15) is 4.79 Å². The minimum absolute atomic E-state index is 0.370. The summed E-state index contributed by atoms with van der Waals surface area (Å²) in [5, 5.41) is 0. The summed E-state index contributed by atoms with van der Waals surface area (Å²) in [5.41, 5.74) is 0.914. The molecule has 0 aliphatic carbocycles.